The predicted molar refractivity (Wildman–Crippen MR) is 108 cm³/mol. The summed E-state index contributed by atoms with van der Waals surface area (Å²) in [6.45, 7) is 5.51. The van der Waals surface area contributed by atoms with E-state index in [-0.39, 0.29) is 24.2 Å². The molecule has 1 amide bonds. The van der Waals surface area contributed by atoms with Gasteiger partial charge in [-0.1, -0.05) is 0 Å². The van der Waals surface area contributed by atoms with Gasteiger partial charge >= 0.3 is 12.1 Å². The highest BCUT2D eigenvalue weighted by molar-refractivity contribution is 5.93. The van der Waals surface area contributed by atoms with Crippen LogP contribution in [0.2, 0.25) is 0 Å². The number of likely N-dealkylation sites (tertiary alicyclic amines) is 2. The van der Waals surface area contributed by atoms with E-state index in [0.29, 0.717) is 6.54 Å². The number of rotatable bonds is 5. The van der Waals surface area contributed by atoms with Crippen LogP contribution in [-0.4, -0.2) is 95.2 Å². The molecule has 4 heterocycles. The molecule has 0 aromatic carbocycles. The summed E-state index contributed by atoms with van der Waals surface area (Å²) in [7, 11) is 1.92. The summed E-state index contributed by atoms with van der Waals surface area (Å²) in [5.41, 5.74) is 0.738. The van der Waals surface area contributed by atoms with Crippen LogP contribution in [0, 0.1) is 0 Å². The van der Waals surface area contributed by atoms with Crippen molar-refractivity contribution in [3.05, 3.63) is 24.0 Å². The van der Waals surface area contributed by atoms with E-state index in [9.17, 15) is 18.0 Å². The first-order valence-corrected chi connectivity index (χ1v) is 10.9. The van der Waals surface area contributed by atoms with Crippen LogP contribution >= 0.6 is 0 Å². The number of amides is 1. The maximum atomic E-state index is 13.0. The molecule has 3 saturated heterocycles. The van der Waals surface area contributed by atoms with E-state index < -0.39 is 12.1 Å². The number of ether oxygens (including phenoxy) is 2. The highest BCUT2D eigenvalue weighted by Gasteiger charge is 2.47. The van der Waals surface area contributed by atoms with Gasteiger partial charge in [-0.2, -0.15) is 13.2 Å². The van der Waals surface area contributed by atoms with Crippen LogP contribution in [0.5, 0.6) is 0 Å². The van der Waals surface area contributed by atoms with Crippen molar-refractivity contribution in [2.45, 2.75) is 50.1 Å². The first kappa shape index (κ1) is 24.5. The molecule has 3 atom stereocenters. The summed E-state index contributed by atoms with van der Waals surface area (Å²) >= 11 is 0. The minimum Gasteiger partial charge on any atom is -0.475 e. The van der Waals surface area contributed by atoms with Crippen molar-refractivity contribution in [1.82, 2.24) is 14.4 Å². The maximum absolute atomic E-state index is 13.0. The third-order valence-electron chi connectivity index (χ3n) is 6.08. The molecular formula is C21H30F3N3O5. The molecule has 0 radical (unpaired) electrons. The van der Waals surface area contributed by atoms with Crippen LogP contribution in [0.4, 0.5) is 13.2 Å². The summed E-state index contributed by atoms with van der Waals surface area (Å²) < 4.78 is 45.8. The number of aliphatic carboxylic acids is 1. The summed E-state index contributed by atoms with van der Waals surface area (Å²) in [6.07, 6.45) is 1.48. The molecule has 0 aliphatic carbocycles. The largest absolute Gasteiger partial charge is 0.490 e. The Labute approximate surface area is 184 Å². The fourth-order valence-corrected chi connectivity index (χ4v) is 4.46. The van der Waals surface area contributed by atoms with Crippen LogP contribution in [0.25, 0.3) is 0 Å². The molecule has 180 valence electrons. The lowest BCUT2D eigenvalue weighted by Gasteiger charge is -2.32. The fourth-order valence-electron chi connectivity index (χ4n) is 4.46. The third-order valence-corrected chi connectivity index (χ3v) is 6.08. The lowest BCUT2D eigenvalue weighted by atomic mass is 10.0. The molecule has 0 bridgehead atoms. The number of alkyl halides is 3. The molecule has 11 heteroatoms. The molecule has 8 nitrogen and oxygen atoms in total. The molecule has 32 heavy (non-hydrogen) atoms. The van der Waals surface area contributed by atoms with Gasteiger partial charge in [-0.3, -0.25) is 4.79 Å². The molecule has 3 fully saturated rings. The van der Waals surface area contributed by atoms with Gasteiger partial charge in [-0.05, 0) is 50.9 Å². The monoisotopic (exact) mass is 461 g/mol. The van der Waals surface area contributed by atoms with Gasteiger partial charge < -0.3 is 28.9 Å². The van der Waals surface area contributed by atoms with Crippen LogP contribution in [0.3, 0.4) is 0 Å². The Morgan fingerprint density at radius 1 is 1.25 bits per heavy atom. The molecule has 0 unspecified atom stereocenters. The molecule has 3 aliphatic rings. The lowest BCUT2D eigenvalue weighted by molar-refractivity contribution is -0.192. The van der Waals surface area contributed by atoms with Gasteiger partial charge in [0.15, 0.2) is 0 Å². The zero-order chi connectivity index (χ0) is 23.3. The van der Waals surface area contributed by atoms with Crippen molar-refractivity contribution in [1.29, 1.82) is 0 Å². The molecule has 3 aliphatic heterocycles. The Bertz CT molecular complexity index is 779. The number of carboxylic acid groups (broad SMARTS) is 1. The topological polar surface area (TPSA) is 84.2 Å². The number of hydrogen-bond donors (Lipinski definition) is 1. The van der Waals surface area contributed by atoms with Crippen molar-refractivity contribution >= 4 is 11.9 Å². The Kier molecular flexibility index (Phi) is 8.18. The summed E-state index contributed by atoms with van der Waals surface area (Å²) in [6, 6.07) is 3.96. The van der Waals surface area contributed by atoms with E-state index in [0.717, 1.165) is 38.3 Å². The fraction of sp³-hybridized carbons (Fsp3) is 0.714. The zero-order valence-electron chi connectivity index (χ0n) is 18.1. The molecular weight excluding hydrogens is 431 g/mol. The SMILES string of the molecule is Cn1cccc1C(=O)N1C[C@H](OCCN2CCCC2)[C@H]2OCCC[C@H]21.O=C(O)C(F)(F)F. The number of aryl methyl sites for hydroxylation is 1. The Morgan fingerprint density at radius 2 is 1.94 bits per heavy atom. The second kappa shape index (κ2) is 10.7. The van der Waals surface area contributed by atoms with E-state index in [1.165, 1.54) is 25.9 Å². The highest BCUT2D eigenvalue weighted by atomic mass is 19.4. The number of halogens is 3. The Balaban J connectivity index is 0.000000360. The molecule has 1 N–H and O–H groups in total. The highest BCUT2D eigenvalue weighted by Crippen LogP contribution is 2.32. The zero-order valence-corrected chi connectivity index (χ0v) is 18.1. The van der Waals surface area contributed by atoms with Crippen molar-refractivity contribution in [2.75, 3.05) is 39.4 Å². The molecule has 1 aromatic heterocycles. The average molecular weight is 461 g/mol. The van der Waals surface area contributed by atoms with E-state index in [2.05, 4.69) is 4.90 Å². The number of nitrogens with zero attached hydrogens (tertiary/aromatic N) is 3. The molecule has 0 spiro atoms. The van der Waals surface area contributed by atoms with Crippen LogP contribution < -0.4 is 0 Å². The summed E-state index contributed by atoms with van der Waals surface area (Å²) in [5, 5.41) is 7.12. The molecule has 1 aromatic rings. The summed E-state index contributed by atoms with van der Waals surface area (Å²) in [5.74, 6) is -2.66. The number of carboxylic acids is 1. The van der Waals surface area contributed by atoms with Crippen molar-refractivity contribution in [2.24, 2.45) is 7.05 Å². The van der Waals surface area contributed by atoms with E-state index in [4.69, 9.17) is 19.4 Å². The Hall–Kier alpha value is -2.11. The number of carbonyl (C=O) groups is 2. The molecule has 0 saturated carbocycles. The number of fused-ring (bicyclic) bond motifs is 1. The van der Waals surface area contributed by atoms with Crippen molar-refractivity contribution < 1.29 is 37.3 Å². The standard InChI is InChI=1S/C19H29N3O3.C2HF3O2/c1-20-8-4-6-16(20)19(23)22-14-17(18-15(22)7-5-12-25-18)24-13-11-21-9-2-3-10-21;3-2(4,5)1(6)7/h4,6,8,15,17-18H,2-3,5,7,9-14H2,1H3;(H,6,7)/t15-,17+,18+;/m1./s1. The smallest absolute Gasteiger partial charge is 0.475 e. The minimum absolute atomic E-state index is 0.00267. The van der Waals surface area contributed by atoms with Gasteiger partial charge in [0.25, 0.3) is 5.91 Å². The first-order chi connectivity index (χ1) is 15.2. The second-order valence-corrected chi connectivity index (χ2v) is 8.27. The first-order valence-electron chi connectivity index (χ1n) is 10.9. The lowest BCUT2D eigenvalue weighted by Crippen LogP contribution is -2.44. The van der Waals surface area contributed by atoms with E-state index in [1.807, 2.05) is 34.8 Å². The molecule has 4 rings (SSSR count). The Morgan fingerprint density at radius 3 is 2.53 bits per heavy atom. The van der Waals surface area contributed by atoms with Crippen molar-refractivity contribution in [3.63, 3.8) is 0 Å². The third kappa shape index (κ3) is 6.02. The summed E-state index contributed by atoms with van der Waals surface area (Å²) in [4.78, 5) is 26.3. The van der Waals surface area contributed by atoms with Crippen LogP contribution in [-0.2, 0) is 21.3 Å². The number of carbonyl (C=O) groups excluding carboxylic acids is 1. The minimum atomic E-state index is -5.08. The number of hydrogen-bond acceptors (Lipinski definition) is 5. The quantitative estimate of drug-likeness (QED) is 0.724. The van der Waals surface area contributed by atoms with Gasteiger partial charge in [-0.25, -0.2) is 4.79 Å². The van der Waals surface area contributed by atoms with E-state index in [1.54, 1.807) is 0 Å². The van der Waals surface area contributed by atoms with E-state index >= 15 is 0 Å². The van der Waals surface area contributed by atoms with Gasteiger partial charge in [0.1, 0.15) is 17.9 Å². The van der Waals surface area contributed by atoms with Crippen LogP contribution in [0.15, 0.2) is 18.3 Å². The van der Waals surface area contributed by atoms with Crippen molar-refractivity contribution in [3.8, 4) is 0 Å². The van der Waals surface area contributed by atoms with Gasteiger partial charge in [-0.15, -0.1) is 0 Å². The number of aromatic nitrogens is 1. The average Bonchev–Trinajstić information content (AvgIpc) is 3.48. The second-order valence-electron chi connectivity index (χ2n) is 8.27. The maximum Gasteiger partial charge on any atom is 0.490 e. The van der Waals surface area contributed by atoms with Crippen LogP contribution in [0.1, 0.15) is 36.2 Å². The normalized spacial score (nSPS) is 25.9. The van der Waals surface area contributed by atoms with Gasteiger partial charge in [0.2, 0.25) is 0 Å². The van der Waals surface area contributed by atoms with Gasteiger partial charge in [0.05, 0.1) is 19.2 Å². The predicted octanol–water partition coefficient (Wildman–Crippen LogP) is 2.14. The van der Waals surface area contributed by atoms with Gasteiger partial charge in [0, 0.05) is 26.4 Å².